The van der Waals surface area contributed by atoms with Crippen LogP contribution in [0.5, 0.6) is 0 Å². The first-order chi connectivity index (χ1) is 10.0. The third kappa shape index (κ3) is 4.75. The summed E-state index contributed by atoms with van der Waals surface area (Å²) in [5.74, 6) is 0. The lowest BCUT2D eigenvalue weighted by atomic mass is 10.2. The number of aryl methyl sites for hydroxylation is 1. The number of benzene rings is 1. The maximum Gasteiger partial charge on any atom is 0.241 e. The van der Waals surface area contributed by atoms with Crippen molar-refractivity contribution in [1.82, 2.24) is 14.9 Å². The van der Waals surface area contributed by atoms with Gasteiger partial charge in [-0.1, -0.05) is 12.1 Å². The summed E-state index contributed by atoms with van der Waals surface area (Å²) in [6.45, 7) is 7.38. The third-order valence-corrected chi connectivity index (χ3v) is 6.42. The van der Waals surface area contributed by atoms with Gasteiger partial charge in [0.2, 0.25) is 10.0 Å². The Morgan fingerprint density at radius 2 is 2.05 bits per heavy atom. The monoisotopic (exact) mass is 375 g/mol. The number of nitrogens with one attached hydrogen (secondary N) is 2. The quantitative estimate of drug-likeness (QED) is 0.736. The first-order valence-electron chi connectivity index (χ1n) is 7.18. The van der Waals surface area contributed by atoms with E-state index in [-0.39, 0.29) is 0 Å². The van der Waals surface area contributed by atoms with E-state index in [0.29, 0.717) is 15.9 Å². The van der Waals surface area contributed by atoms with Gasteiger partial charge in [-0.25, -0.2) is 13.1 Å². The van der Waals surface area contributed by atoms with E-state index in [4.69, 9.17) is 0 Å². The lowest BCUT2D eigenvalue weighted by Crippen LogP contribution is -2.44. The Kier molecular flexibility index (Phi) is 6.19. The Balaban J connectivity index is 1.85. The highest BCUT2D eigenvalue weighted by molar-refractivity contribution is 9.10. The number of rotatable bonds is 6. The molecular formula is C14H22BrN3O2S. The molecule has 0 spiro atoms. The number of sulfonamides is 1. The molecule has 0 aromatic heterocycles. The fourth-order valence-corrected chi connectivity index (χ4v) is 4.48. The molecular weight excluding hydrogens is 354 g/mol. The molecule has 0 saturated carbocycles. The Morgan fingerprint density at radius 3 is 2.76 bits per heavy atom. The van der Waals surface area contributed by atoms with Gasteiger partial charge in [0.1, 0.15) is 0 Å². The highest BCUT2D eigenvalue weighted by Gasteiger charge is 2.18. The molecule has 2 N–H and O–H groups in total. The fraction of sp³-hybridized carbons (Fsp3) is 0.571. The number of nitrogens with zero attached hydrogens (tertiary/aromatic N) is 1. The standard InChI is InChI=1S/C14H22BrN3O2S/c1-12-4-2-5-13(14(12)15)21(19,20)17-6-3-9-18-10-7-16-8-11-18/h2,4-5,16-17H,3,6-11H2,1H3. The maximum absolute atomic E-state index is 12.3. The normalized spacial score (nSPS) is 17.0. The van der Waals surface area contributed by atoms with E-state index in [9.17, 15) is 8.42 Å². The van der Waals surface area contributed by atoms with Crippen molar-refractivity contribution < 1.29 is 8.42 Å². The average Bonchev–Trinajstić information content (AvgIpc) is 2.47. The molecule has 118 valence electrons. The summed E-state index contributed by atoms with van der Waals surface area (Å²) in [7, 11) is -3.44. The van der Waals surface area contributed by atoms with Gasteiger partial charge in [0.05, 0.1) is 4.90 Å². The molecule has 1 aromatic carbocycles. The molecule has 0 radical (unpaired) electrons. The molecule has 0 amide bonds. The molecule has 1 aliphatic heterocycles. The SMILES string of the molecule is Cc1cccc(S(=O)(=O)NCCCN2CCNCC2)c1Br. The van der Waals surface area contributed by atoms with E-state index in [1.165, 1.54) is 0 Å². The molecule has 0 aliphatic carbocycles. The van der Waals surface area contributed by atoms with Gasteiger partial charge in [0.25, 0.3) is 0 Å². The Bertz CT molecular complexity index is 572. The molecule has 0 atom stereocenters. The molecule has 1 aliphatic rings. The van der Waals surface area contributed by atoms with Crippen molar-refractivity contribution >= 4 is 26.0 Å². The Hall–Kier alpha value is -0.470. The van der Waals surface area contributed by atoms with Crippen molar-refractivity contribution in [1.29, 1.82) is 0 Å². The zero-order chi connectivity index (χ0) is 15.3. The molecule has 1 saturated heterocycles. The molecule has 7 heteroatoms. The minimum Gasteiger partial charge on any atom is -0.314 e. The summed E-state index contributed by atoms with van der Waals surface area (Å²) in [4.78, 5) is 2.66. The topological polar surface area (TPSA) is 61.4 Å². The van der Waals surface area contributed by atoms with Crippen LogP contribution in [0.15, 0.2) is 27.6 Å². The lowest BCUT2D eigenvalue weighted by Gasteiger charge is -2.27. The molecule has 1 heterocycles. The molecule has 0 unspecified atom stereocenters. The van der Waals surface area contributed by atoms with Gasteiger partial charge < -0.3 is 10.2 Å². The minimum atomic E-state index is -3.44. The minimum absolute atomic E-state index is 0.310. The summed E-state index contributed by atoms with van der Waals surface area (Å²) < 4.78 is 27.9. The maximum atomic E-state index is 12.3. The second kappa shape index (κ2) is 7.69. The van der Waals surface area contributed by atoms with Crippen molar-refractivity contribution in [2.24, 2.45) is 0 Å². The molecule has 5 nitrogen and oxygen atoms in total. The van der Waals surface area contributed by atoms with Crippen molar-refractivity contribution in [3.05, 3.63) is 28.2 Å². The largest absolute Gasteiger partial charge is 0.314 e. The van der Waals surface area contributed by atoms with Crippen molar-refractivity contribution in [3.8, 4) is 0 Å². The van der Waals surface area contributed by atoms with Gasteiger partial charge >= 0.3 is 0 Å². The second-order valence-corrected chi connectivity index (χ2v) is 7.76. The second-order valence-electron chi connectivity index (χ2n) is 5.23. The first-order valence-corrected chi connectivity index (χ1v) is 9.46. The summed E-state index contributed by atoms with van der Waals surface area (Å²) in [5, 5.41) is 3.30. The highest BCUT2D eigenvalue weighted by Crippen LogP contribution is 2.24. The van der Waals surface area contributed by atoms with E-state index < -0.39 is 10.0 Å². The summed E-state index contributed by atoms with van der Waals surface area (Å²) >= 11 is 3.35. The summed E-state index contributed by atoms with van der Waals surface area (Å²) in [6.07, 6.45) is 0.822. The van der Waals surface area contributed by atoms with Crippen LogP contribution in [0, 0.1) is 6.92 Å². The smallest absolute Gasteiger partial charge is 0.241 e. The molecule has 0 bridgehead atoms. The number of hydrogen-bond acceptors (Lipinski definition) is 4. The van der Waals surface area contributed by atoms with E-state index >= 15 is 0 Å². The van der Waals surface area contributed by atoms with Gasteiger partial charge in [-0.3, -0.25) is 0 Å². The van der Waals surface area contributed by atoms with Crippen LogP contribution in [0.2, 0.25) is 0 Å². The van der Waals surface area contributed by atoms with Crippen LogP contribution in [-0.2, 0) is 10.0 Å². The highest BCUT2D eigenvalue weighted by atomic mass is 79.9. The number of hydrogen-bond donors (Lipinski definition) is 2. The van der Waals surface area contributed by atoms with Gasteiger partial charge in [0.15, 0.2) is 0 Å². The summed E-state index contributed by atoms with van der Waals surface area (Å²) in [6, 6.07) is 5.26. The van der Waals surface area contributed by atoms with Crippen LogP contribution in [0.1, 0.15) is 12.0 Å². The van der Waals surface area contributed by atoms with Crippen LogP contribution >= 0.6 is 15.9 Å². The van der Waals surface area contributed by atoms with E-state index in [1.54, 1.807) is 12.1 Å². The van der Waals surface area contributed by atoms with Crippen molar-refractivity contribution in [2.75, 3.05) is 39.3 Å². The molecule has 21 heavy (non-hydrogen) atoms. The van der Waals surface area contributed by atoms with Crippen molar-refractivity contribution in [2.45, 2.75) is 18.2 Å². The van der Waals surface area contributed by atoms with Crippen LogP contribution in [0.25, 0.3) is 0 Å². The predicted molar refractivity (Wildman–Crippen MR) is 88.0 cm³/mol. The van der Waals surface area contributed by atoms with E-state index in [0.717, 1.165) is 44.7 Å². The van der Waals surface area contributed by atoms with Crippen LogP contribution < -0.4 is 10.0 Å². The molecule has 1 fully saturated rings. The number of piperazine rings is 1. The van der Waals surface area contributed by atoms with E-state index in [1.807, 2.05) is 13.0 Å². The zero-order valence-electron chi connectivity index (χ0n) is 12.2. The van der Waals surface area contributed by atoms with Crippen LogP contribution in [-0.4, -0.2) is 52.6 Å². The van der Waals surface area contributed by atoms with Crippen LogP contribution in [0.3, 0.4) is 0 Å². The summed E-state index contributed by atoms with van der Waals surface area (Å²) in [5.41, 5.74) is 0.915. The zero-order valence-corrected chi connectivity index (χ0v) is 14.6. The third-order valence-electron chi connectivity index (χ3n) is 3.60. The van der Waals surface area contributed by atoms with Crippen LogP contribution in [0.4, 0.5) is 0 Å². The first kappa shape index (κ1) is 16.9. The molecule has 2 rings (SSSR count). The van der Waals surface area contributed by atoms with Gasteiger partial charge in [-0.05, 0) is 47.4 Å². The van der Waals surface area contributed by atoms with Gasteiger partial charge in [-0.2, -0.15) is 0 Å². The van der Waals surface area contributed by atoms with Gasteiger partial charge in [0, 0.05) is 37.2 Å². The Morgan fingerprint density at radius 1 is 1.33 bits per heavy atom. The van der Waals surface area contributed by atoms with Crippen molar-refractivity contribution in [3.63, 3.8) is 0 Å². The molecule has 1 aromatic rings. The van der Waals surface area contributed by atoms with Gasteiger partial charge in [-0.15, -0.1) is 0 Å². The average molecular weight is 376 g/mol. The number of halogens is 1. The predicted octanol–water partition coefficient (Wildman–Crippen LogP) is 1.33. The fourth-order valence-electron chi connectivity index (χ4n) is 2.35. The Labute approximate surface area is 135 Å². The lowest BCUT2D eigenvalue weighted by molar-refractivity contribution is 0.239. The van der Waals surface area contributed by atoms with E-state index in [2.05, 4.69) is 30.9 Å².